The van der Waals surface area contributed by atoms with Crippen LogP contribution in [0, 0.1) is 6.92 Å². The van der Waals surface area contributed by atoms with Crippen LogP contribution in [0.5, 0.6) is 0 Å². The van der Waals surface area contributed by atoms with Crippen molar-refractivity contribution in [3.05, 3.63) is 64.1 Å². The molecule has 3 heteroatoms. The van der Waals surface area contributed by atoms with Gasteiger partial charge in [0.15, 0.2) is 0 Å². The molecule has 0 bridgehead atoms. The highest BCUT2D eigenvalue weighted by Crippen LogP contribution is 2.17. The zero-order valence-electron chi connectivity index (χ0n) is 11.1. The summed E-state index contributed by atoms with van der Waals surface area (Å²) in [5, 5.41) is 0. The average molecular weight is 252 g/mol. The molecule has 0 unspecified atom stereocenters. The molecule has 0 aliphatic rings. The van der Waals surface area contributed by atoms with Crippen LogP contribution in [-0.2, 0) is 6.42 Å². The minimum absolute atomic E-state index is 0.0927. The van der Waals surface area contributed by atoms with Crippen molar-refractivity contribution in [1.29, 1.82) is 0 Å². The topological polar surface area (TPSA) is 37.8 Å². The molecule has 3 nitrogen and oxygen atoms in total. The Balaban J connectivity index is 2.25. The summed E-state index contributed by atoms with van der Waals surface area (Å²) in [4.78, 5) is 15.0. The minimum atomic E-state index is -0.0927. The normalized spacial score (nSPS) is 11.1. The average Bonchev–Trinajstić information content (AvgIpc) is 2.74. The fourth-order valence-electron chi connectivity index (χ4n) is 2.35. The Morgan fingerprint density at radius 2 is 1.84 bits per heavy atom. The molecule has 0 amide bonds. The molecule has 0 saturated heterocycles. The second-order valence-electron chi connectivity index (χ2n) is 4.81. The van der Waals surface area contributed by atoms with Gasteiger partial charge in [0.1, 0.15) is 0 Å². The Hall–Kier alpha value is -2.29. The second kappa shape index (κ2) is 4.43. The molecule has 0 aliphatic heterocycles. The zero-order valence-corrected chi connectivity index (χ0v) is 11.1. The van der Waals surface area contributed by atoms with E-state index in [0.717, 1.165) is 28.7 Å². The molecule has 96 valence electrons. The first kappa shape index (κ1) is 11.8. The van der Waals surface area contributed by atoms with Crippen LogP contribution in [0.1, 0.15) is 18.1 Å². The highest BCUT2D eigenvalue weighted by molar-refractivity contribution is 5.78. The van der Waals surface area contributed by atoms with Crippen molar-refractivity contribution in [2.45, 2.75) is 20.3 Å². The Bertz CT molecular complexity index is 779. The van der Waals surface area contributed by atoms with Crippen molar-refractivity contribution >= 4 is 11.0 Å². The maximum absolute atomic E-state index is 12.1. The lowest BCUT2D eigenvalue weighted by molar-refractivity contribution is 1.01. The molecular weight excluding hydrogens is 236 g/mol. The van der Waals surface area contributed by atoms with E-state index >= 15 is 0 Å². The van der Waals surface area contributed by atoms with Gasteiger partial charge in [-0.1, -0.05) is 25.1 Å². The third-order valence-electron chi connectivity index (χ3n) is 3.44. The highest BCUT2D eigenvalue weighted by Gasteiger charge is 2.08. The standard InChI is InChI=1S/C16H16N2O/c1-3-12-5-7-13(8-6-12)18-15-10-11(2)4-9-14(15)17-16(18)19/h4-10H,3H2,1-2H3,(H,17,19). The third-order valence-corrected chi connectivity index (χ3v) is 3.44. The van der Waals surface area contributed by atoms with E-state index in [1.807, 2.05) is 37.3 Å². The molecule has 1 heterocycles. The van der Waals surface area contributed by atoms with E-state index in [1.54, 1.807) is 4.57 Å². The molecule has 1 aromatic heterocycles. The number of aryl methyl sites for hydroxylation is 2. The van der Waals surface area contributed by atoms with E-state index in [1.165, 1.54) is 5.56 Å². The summed E-state index contributed by atoms with van der Waals surface area (Å²) in [5.74, 6) is 0. The molecule has 0 fully saturated rings. The van der Waals surface area contributed by atoms with Crippen molar-refractivity contribution in [1.82, 2.24) is 9.55 Å². The van der Waals surface area contributed by atoms with Gasteiger partial charge < -0.3 is 4.98 Å². The number of benzene rings is 2. The van der Waals surface area contributed by atoms with Crippen LogP contribution >= 0.6 is 0 Å². The van der Waals surface area contributed by atoms with Gasteiger partial charge in [0.2, 0.25) is 0 Å². The van der Waals surface area contributed by atoms with E-state index in [4.69, 9.17) is 0 Å². The molecule has 0 radical (unpaired) electrons. The molecule has 19 heavy (non-hydrogen) atoms. The van der Waals surface area contributed by atoms with Crippen LogP contribution in [-0.4, -0.2) is 9.55 Å². The van der Waals surface area contributed by atoms with E-state index in [2.05, 4.69) is 24.0 Å². The summed E-state index contributed by atoms with van der Waals surface area (Å²) in [6.07, 6.45) is 1.00. The maximum atomic E-state index is 12.1. The number of imidazole rings is 1. The monoisotopic (exact) mass is 252 g/mol. The van der Waals surface area contributed by atoms with Crippen molar-refractivity contribution in [2.75, 3.05) is 0 Å². The van der Waals surface area contributed by atoms with Gasteiger partial charge in [-0.05, 0) is 48.7 Å². The van der Waals surface area contributed by atoms with Gasteiger partial charge >= 0.3 is 5.69 Å². The fourth-order valence-corrected chi connectivity index (χ4v) is 2.35. The Morgan fingerprint density at radius 1 is 1.11 bits per heavy atom. The molecular formula is C16H16N2O. The molecule has 1 N–H and O–H groups in total. The van der Waals surface area contributed by atoms with Crippen LogP contribution in [0.15, 0.2) is 47.3 Å². The van der Waals surface area contributed by atoms with Gasteiger partial charge in [0.25, 0.3) is 0 Å². The summed E-state index contributed by atoms with van der Waals surface area (Å²) in [7, 11) is 0. The van der Waals surface area contributed by atoms with E-state index in [9.17, 15) is 4.79 Å². The van der Waals surface area contributed by atoms with Crippen LogP contribution in [0.25, 0.3) is 16.7 Å². The molecule has 0 atom stereocenters. The fraction of sp³-hybridized carbons (Fsp3) is 0.188. The molecule has 2 aromatic carbocycles. The number of hydrogen-bond acceptors (Lipinski definition) is 1. The van der Waals surface area contributed by atoms with Gasteiger partial charge in [-0.25, -0.2) is 4.79 Å². The molecule has 0 aliphatic carbocycles. The Labute approximate surface area is 111 Å². The van der Waals surface area contributed by atoms with Crippen molar-refractivity contribution in [3.63, 3.8) is 0 Å². The number of nitrogens with one attached hydrogen (secondary N) is 1. The number of fused-ring (bicyclic) bond motifs is 1. The van der Waals surface area contributed by atoms with Gasteiger partial charge in [-0.15, -0.1) is 0 Å². The predicted octanol–water partition coefficient (Wildman–Crippen LogP) is 3.19. The third kappa shape index (κ3) is 1.97. The quantitative estimate of drug-likeness (QED) is 0.747. The summed E-state index contributed by atoms with van der Waals surface area (Å²) >= 11 is 0. The number of rotatable bonds is 2. The largest absolute Gasteiger partial charge is 0.331 e. The smallest absolute Gasteiger partial charge is 0.305 e. The van der Waals surface area contributed by atoms with Gasteiger partial charge in [0.05, 0.1) is 16.7 Å². The number of hydrogen-bond donors (Lipinski definition) is 1. The van der Waals surface area contributed by atoms with E-state index < -0.39 is 0 Å². The van der Waals surface area contributed by atoms with Crippen molar-refractivity contribution < 1.29 is 0 Å². The van der Waals surface area contributed by atoms with Gasteiger partial charge in [-0.2, -0.15) is 0 Å². The number of aromatic nitrogens is 2. The molecule has 0 saturated carbocycles. The first-order chi connectivity index (χ1) is 9.19. The first-order valence-corrected chi connectivity index (χ1v) is 6.50. The summed E-state index contributed by atoms with van der Waals surface area (Å²) < 4.78 is 1.72. The lowest BCUT2D eigenvalue weighted by Crippen LogP contribution is -2.14. The zero-order chi connectivity index (χ0) is 13.4. The van der Waals surface area contributed by atoms with E-state index in [0.29, 0.717) is 0 Å². The van der Waals surface area contributed by atoms with Crippen molar-refractivity contribution in [3.8, 4) is 5.69 Å². The van der Waals surface area contributed by atoms with Crippen LogP contribution in [0.2, 0.25) is 0 Å². The summed E-state index contributed by atoms with van der Waals surface area (Å²) in [5.41, 5.74) is 5.02. The van der Waals surface area contributed by atoms with Crippen LogP contribution in [0.4, 0.5) is 0 Å². The Morgan fingerprint density at radius 3 is 2.53 bits per heavy atom. The van der Waals surface area contributed by atoms with E-state index in [-0.39, 0.29) is 5.69 Å². The first-order valence-electron chi connectivity index (χ1n) is 6.50. The highest BCUT2D eigenvalue weighted by atomic mass is 16.1. The molecule has 3 aromatic rings. The summed E-state index contributed by atoms with van der Waals surface area (Å²) in [6, 6.07) is 14.1. The second-order valence-corrected chi connectivity index (χ2v) is 4.81. The molecule has 0 spiro atoms. The number of H-pyrrole nitrogens is 1. The lowest BCUT2D eigenvalue weighted by Gasteiger charge is -2.05. The Kier molecular flexibility index (Phi) is 2.75. The molecule has 3 rings (SSSR count). The predicted molar refractivity (Wildman–Crippen MR) is 78.0 cm³/mol. The van der Waals surface area contributed by atoms with Gasteiger partial charge in [0, 0.05) is 0 Å². The maximum Gasteiger partial charge on any atom is 0.331 e. The van der Waals surface area contributed by atoms with Crippen LogP contribution < -0.4 is 5.69 Å². The minimum Gasteiger partial charge on any atom is -0.305 e. The number of aromatic amines is 1. The number of nitrogens with zero attached hydrogens (tertiary/aromatic N) is 1. The lowest BCUT2D eigenvalue weighted by atomic mass is 10.1. The summed E-state index contributed by atoms with van der Waals surface area (Å²) in [6.45, 7) is 4.15. The SMILES string of the molecule is CCc1ccc(-n2c(=O)[nH]c3ccc(C)cc32)cc1. The van der Waals surface area contributed by atoms with Crippen LogP contribution in [0.3, 0.4) is 0 Å². The van der Waals surface area contributed by atoms with Gasteiger partial charge in [-0.3, -0.25) is 4.57 Å². The van der Waals surface area contributed by atoms with Crippen molar-refractivity contribution in [2.24, 2.45) is 0 Å².